The molecule has 17 heavy (non-hydrogen) atoms. The van der Waals surface area contributed by atoms with Crippen LogP contribution in [0.5, 0.6) is 0 Å². The van der Waals surface area contributed by atoms with Crippen LogP contribution in [0, 0.1) is 5.92 Å². The van der Waals surface area contributed by atoms with E-state index in [-0.39, 0.29) is 18.4 Å². The molecule has 0 heterocycles. The first-order chi connectivity index (χ1) is 7.78. The summed E-state index contributed by atoms with van der Waals surface area (Å²) < 4.78 is 0. The number of carbonyl (C=O) groups is 2. The van der Waals surface area contributed by atoms with E-state index in [9.17, 15) is 14.7 Å². The largest absolute Gasteiger partial charge is 0.481 e. The van der Waals surface area contributed by atoms with E-state index in [1.807, 2.05) is 6.92 Å². The van der Waals surface area contributed by atoms with Gasteiger partial charge in [0.05, 0.1) is 12.0 Å². The molecule has 0 spiro atoms. The molecule has 0 saturated carbocycles. The van der Waals surface area contributed by atoms with Gasteiger partial charge in [0.25, 0.3) is 0 Å². The van der Waals surface area contributed by atoms with Gasteiger partial charge in [-0.05, 0) is 13.5 Å². The predicted octanol–water partition coefficient (Wildman–Crippen LogP) is -0.426. The van der Waals surface area contributed by atoms with Crippen molar-refractivity contribution in [2.45, 2.75) is 32.8 Å². The molecule has 100 valence electrons. The zero-order valence-corrected chi connectivity index (χ0v) is 10.6. The van der Waals surface area contributed by atoms with Crippen molar-refractivity contribution in [2.75, 3.05) is 19.6 Å². The van der Waals surface area contributed by atoms with Crippen molar-refractivity contribution in [3.8, 4) is 0 Å². The van der Waals surface area contributed by atoms with Gasteiger partial charge in [-0.1, -0.05) is 13.8 Å². The number of carbonyl (C=O) groups excluding carboxylic acids is 1. The maximum atomic E-state index is 11.6. The quantitative estimate of drug-likeness (QED) is 0.466. The summed E-state index contributed by atoms with van der Waals surface area (Å²) in [5, 5.41) is 23.8. The third-order valence-corrected chi connectivity index (χ3v) is 2.32. The molecule has 0 aromatic carbocycles. The Labute approximate surface area is 101 Å². The summed E-state index contributed by atoms with van der Waals surface area (Å²) in [5.74, 6) is -1.50. The van der Waals surface area contributed by atoms with Crippen molar-refractivity contribution in [1.82, 2.24) is 10.6 Å². The molecule has 2 unspecified atom stereocenters. The van der Waals surface area contributed by atoms with Gasteiger partial charge < -0.3 is 20.8 Å². The van der Waals surface area contributed by atoms with E-state index in [0.717, 1.165) is 6.54 Å². The maximum absolute atomic E-state index is 11.6. The molecule has 0 aromatic rings. The van der Waals surface area contributed by atoms with Crippen molar-refractivity contribution >= 4 is 11.9 Å². The van der Waals surface area contributed by atoms with Gasteiger partial charge in [0.1, 0.15) is 0 Å². The van der Waals surface area contributed by atoms with E-state index in [1.54, 1.807) is 6.92 Å². The first-order valence-electron chi connectivity index (χ1n) is 5.71. The molecule has 4 N–H and O–H groups in total. The Kier molecular flexibility index (Phi) is 6.75. The number of carboxylic acid groups (broad SMARTS) is 1. The molecule has 0 saturated heterocycles. The van der Waals surface area contributed by atoms with E-state index >= 15 is 0 Å². The van der Waals surface area contributed by atoms with Crippen molar-refractivity contribution in [1.29, 1.82) is 0 Å². The lowest BCUT2D eigenvalue weighted by molar-refractivity contribution is -0.142. The second-order valence-electron chi connectivity index (χ2n) is 4.49. The average Bonchev–Trinajstić information content (AvgIpc) is 2.20. The summed E-state index contributed by atoms with van der Waals surface area (Å²) in [6, 6.07) is 0. The first-order valence-corrected chi connectivity index (χ1v) is 5.71. The Balaban J connectivity index is 4.01. The van der Waals surface area contributed by atoms with E-state index in [4.69, 9.17) is 5.11 Å². The van der Waals surface area contributed by atoms with Gasteiger partial charge in [0, 0.05) is 19.0 Å². The fourth-order valence-corrected chi connectivity index (χ4v) is 1.29. The molecule has 0 aliphatic heterocycles. The summed E-state index contributed by atoms with van der Waals surface area (Å²) in [6.07, 6.45) is -0.394. The molecular weight excluding hydrogens is 224 g/mol. The highest BCUT2D eigenvalue weighted by Gasteiger charge is 2.25. The molecule has 0 aliphatic rings. The van der Waals surface area contributed by atoms with E-state index in [0.29, 0.717) is 6.54 Å². The smallest absolute Gasteiger partial charge is 0.306 e. The van der Waals surface area contributed by atoms with Crippen LogP contribution in [-0.4, -0.2) is 47.3 Å². The van der Waals surface area contributed by atoms with Crippen LogP contribution in [0.2, 0.25) is 0 Å². The number of rotatable bonds is 8. The standard InChI is InChI=1S/C11H22N2O4/c1-4-12-6-8(2)10(16)13-7-11(3,17)5-9(14)15/h8,12,17H,4-7H2,1-3H3,(H,13,16)(H,14,15). The molecule has 1 amide bonds. The molecule has 2 atom stereocenters. The lowest BCUT2D eigenvalue weighted by Crippen LogP contribution is -2.45. The Morgan fingerprint density at radius 3 is 2.47 bits per heavy atom. The molecule has 0 aliphatic carbocycles. The number of amides is 1. The molecular formula is C11H22N2O4. The van der Waals surface area contributed by atoms with Gasteiger partial charge in [-0.2, -0.15) is 0 Å². The number of carboxylic acids is 1. The van der Waals surface area contributed by atoms with E-state index in [1.165, 1.54) is 6.92 Å². The molecule has 6 heteroatoms. The van der Waals surface area contributed by atoms with Gasteiger partial charge in [-0.15, -0.1) is 0 Å². The fraction of sp³-hybridized carbons (Fsp3) is 0.818. The van der Waals surface area contributed by atoms with Gasteiger partial charge in [0.15, 0.2) is 0 Å². The minimum absolute atomic E-state index is 0.0609. The second kappa shape index (κ2) is 7.24. The van der Waals surface area contributed by atoms with Crippen LogP contribution in [0.4, 0.5) is 0 Å². The molecule has 0 radical (unpaired) electrons. The van der Waals surface area contributed by atoms with Gasteiger partial charge in [-0.25, -0.2) is 0 Å². The monoisotopic (exact) mass is 246 g/mol. The van der Waals surface area contributed by atoms with E-state index in [2.05, 4.69) is 10.6 Å². The Hall–Kier alpha value is -1.14. The highest BCUT2D eigenvalue weighted by Crippen LogP contribution is 2.07. The van der Waals surface area contributed by atoms with Crippen LogP contribution >= 0.6 is 0 Å². The van der Waals surface area contributed by atoms with Gasteiger partial charge >= 0.3 is 5.97 Å². The highest BCUT2D eigenvalue weighted by molar-refractivity contribution is 5.78. The van der Waals surface area contributed by atoms with Crippen LogP contribution in [0.25, 0.3) is 0 Å². The van der Waals surface area contributed by atoms with Crippen LogP contribution in [0.3, 0.4) is 0 Å². The van der Waals surface area contributed by atoms with E-state index < -0.39 is 18.0 Å². The zero-order chi connectivity index (χ0) is 13.5. The average molecular weight is 246 g/mol. The van der Waals surface area contributed by atoms with Crippen LogP contribution in [0.1, 0.15) is 27.2 Å². The normalized spacial score (nSPS) is 16.0. The van der Waals surface area contributed by atoms with Crippen molar-refractivity contribution < 1.29 is 19.8 Å². The van der Waals surface area contributed by atoms with Crippen LogP contribution in [-0.2, 0) is 9.59 Å². The topological polar surface area (TPSA) is 98.7 Å². The minimum Gasteiger partial charge on any atom is -0.481 e. The Bertz CT molecular complexity index is 266. The number of aliphatic hydroxyl groups is 1. The summed E-state index contributed by atoms with van der Waals surface area (Å²) >= 11 is 0. The van der Waals surface area contributed by atoms with Gasteiger partial charge in [-0.3, -0.25) is 9.59 Å². The molecule has 0 bridgehead atoms. The number of nitrogens with one attached hydrogen (secondary N) is 2. The first kappa shape index (κ1) is 15.9. The second-order valence-corrected chi connectivity index (χ2v) is 4.49. The summed E-state index contributed by atoms with van der Waals surface area (Å²) in [7, 11) is 0. The zero-order valence-electron chi connectivity index (χ0n) is 10.6. The maximum Gasteiger partial charge on any atom is 0.306 e. The van der Waals surface area contributed by atoms with Crippen LogP contribution < -0.4 is 10.6 Å². The highest BCUT2D eigenvalue weighted by atomic mass is 16.4. The summed E-state index contributed by atoms with van der Waals surface area (Å²) in [6.45, 7) is 6.38. The summed E-state index contributed by atoms with van der Waals surface area (Å²) in [4.78, 5) is 22.0. The lowest BCUT2D eigenvalue weighted by Gasteiger charge is -2.22. The third-order valence-electron chi connectivity index (χ3n) is 2.32. The third kappa shape index (κ3) is 7.70. The molecule has 0 rings (SSSR count). The number of aliphatic carboxylic acids is 1. The Morgan fingerprint density at radius 2 is 2.00 bits per heavy atom. The Morgan fingerprint density at radius 1 is 1.41 bits per heavy atom. The summed E-state index contributed by atoms with van der Waals surface area (Å²) in [5.41, 5.74) is -1.42. The number of hydrogen-bond acceptors (Lipinski definition) is 4. The molecule has 6 nitrogen and oxygen atoms in total. The van der Waals surface area contributed by atoms with Crippen molar-refractivity contribution in [2.24, 2.45) is 5.92 Å². The van der Waals surface area contributed by atoms with Crippen molar-refractivity contribution in [3.63, 3.8) is 0 Å². The van der Waals surface area contributed by atoms with Crippen molar-refractivity contribution in [3.05, 3.63) is 0 Å². The predicted molar refractivity (Wildman–Crippen MR) is 63.6 cm³/mol. The SMILES string of the molecule is CCNCC(C)C(=O)NCC(C)(O)CC(=O)O. The molecule has 0 aromatic heterocycles. The number of hydrogen-bond donors (Lipinski definition) is 4. The molecule has 0 fully saturated rings. The fourth-order valence-electron chi connectivity index (χ4n) is 1.29. The van der Waals surface area contributed by atoms with Gasteiger partial charge in [0.2, 0.25) is 5.91 Å². The minimum atomic E-state index is -1.42. The lowest BCUT2D eigenvalue weighted by atomic mass is 10.0. The van der Waals surface area contributed by atoms with Crippen LogP contribution in [0.15, 0.2) is 0 Å².